The summed E-state index contributed by atoms with van der Waals surface area (Å²) in [5.41, 5.74) is 1.77. The Kier molecular flexibility index (Phi) is 6.89. The molecule has 0 unspecified atom stereocenters. The highest BCUT2D eigenvalue weighted by molar-refractivity contribution is 6.42. The summed E-state index contributed by atoms with van der Waals surface area (Å²) in [6, 6.07) is 13.7. The van der Waals surface area contributed by atoms with Crippen molar-refractivity contribution < 1.29 is 18.0 Å². The highest BCUT2D eigenvalue weighted by Crippen LogP contribution is 2.44. The Bertz CT molecular complexity index is 1240. The fourth-order valence-electron chi connectivity index (χ4n) is 4.74. The fourth-order valence-corrected chi connectivity index (χ4v) is 5.04. The van der Waals surface area contributed by atoms with Crippen LogP contribution in [-0.2, 0) is 6.54 Å². The fraction of sp³-hybridized carbons (Fsp3) is 0.360. The lowest BCUT2D eigenvalue weighted by molar-refractivity contribution is -0.173. The number of carbonyl (C=O) groups excluding carboxylic acids is 1. The zero-order valence-electron chi connectivity index (χ0n) is 19.2. The maximum absolute atomic E-state index is 14.0. The van der Waals surface area contributed by atoms with Crippen molar-refractivity contribution in [3.63, 3.8) is 0 Å². The van der Waals surface area contributed by atoms with Crippen LogP contribution in [0.4, 0.5) is 19.0 Å². The largest absolute Gasteiger partial charge is 0.410 e. The van der Waals surface area contributed by atoms with Crippen molar-refractivity contribution in [3.05, 3.63) is 81.5 Å². The lowest BCUT2D eigenvalue weighted by atomic mass is 9.97. The number of hydrogen-bond acceptors (Lipinski definition) is 4. The van der Waals surface area contributed by atoms with E-state index in [1.54, 1.807) is 23.1 Å². The number of benzene rings is 2. The van der Waals surface area contributed by atoms with E-state index in [0.717, 1.165) is 11.2 Å². The minimum absolute atomic E-state index is 0.00181. The standard InChI is InChI=1S/C25H24Cl2F3N5O/c26-18-7-6-17(12-19(18)27)20-13-22(25(28,29)30)35-23(31-20)14-21(32-35)24(36)34-10-8-33(9-11-34)15-16-4-2-1-3-5-16/h1-7,12,14,20,22,31H,8-11,13,15H2/t20-,22+/m1/s1. The minimum atomic E-state index is -4.54. The molecule has 1 amide bonds. The molecule has 1 saturated heterocycles. The first-order valence-electron chi connectivity index (χ1n) is 11.6. The Morgan fingerprint density at radius 1 is 1.00 bits per heavy atom. The molecule has 3 heterocycles. The van der Waals surface area contributed by atoms with E-state index in [2.05, 4.69) is 27.4 Å². The van der Waals surface area contributed by atoms with E-state index in [9.17, 15) is 18.0 Å². The average Bonchev–Trinajstić information content (AvgIpc) is 3.29. The summed E-state index contributed by atoms with van der Waals surface area (Å²) in [7, 11) is 0. The Labute approximate surface area is 216 Å². The Balaban J connectivity index is 1.32. The van der Waals surface area contributed by atoms with Crippen molar-refractivity contribution in [1.29, 1.82) is 0 Å². The van der Waals surface area contributed by atoms with Crippen molar-refractivity contribution in [2.24, 2.45) is 0 Å². The van der Waals surface area contributed by atoms with Gasteiger partial charge in [-0.2, -0.15) is 18.3 Å². The second-order valence-electron chi connectivity index (χ2n) is 9.08. The smallest absolute Gasteiger partial charge is 0.363 e. The van der Waals surface area contributed by atoms with Crippen LogP contribution in [0.2, 0.25) is 10.0 Å². The number of nitrogens with one attached hydrogen (secondary N) is 1. The summed E-state index contributed by atoms with van der Waals surface area (Å²) >= 11 is 12.1. The topological polar surface area (TPSA) is 53.4 Å². The number of carbonyl (C=O) groups is 1. The van der Waals surface area contributed by atoms with E-state index in [1.165, 1.54) is 11.6 Å². The van der Waals surface area contributed by atoms with Crippen LogP contribution in [0.25, 0.3) is 0 Å². The van der Waals surface area contributed by atoms with E-state index < -0.39 is 18.3 Å². The van der Waals surface area contributed by atoms with Crippen LogP contribution in [0.3, 0.4) is 0 Å². The molecule has 3 aromatic rings. The molecule has 2 aliphatic rings. The van der Waals surface area contributed by atoms with E-state index in [-0.39, 0.29) is 28.9 Å². The minimum Gasteiger partial charge on any atom is -0.363 e. The second-order valence-corrected chi connectivity index (χ2v) is 9.89. The zero-order chi connectivity index (χ0) is 25.4. The summed E-state index contributed by atoms with van der Waals surface area (Å²) in [6.45, 7) is 3.11. The number of nitrogens with zero attached hydrogens (tertiary/aromatic N) is 4. The Morgan fingerprint density at radius 3 is 2.39 bits per heavy atom. The number of amides is 1. The SMILES string of the molecule is O=C(c1cc2n(n1)[C@H](C(F)(F)F)C[C@H](c1ccc(Cl)c(Cl)c1)N2)N1CCN(Cc2ccccc2)CC1. The second kappa shape index (κ2) is 9.95. The number of piperazine rings is 1. The molecule has 6 nitrogen and oxygen atoms in total. The predicted molar refractivity (Wildman–Crippen MR) is 132 cm³/mol. The molecule has 2 aliphatic heterocycles. The maximum atomic E-state index is 14.0. The van der Waals surface area contributed by atoms with Crippen molar-refractivity contribution >= 4 is 34.9 Å². The van der Waals surface area contributed by atoms with E-state index >= 15 is 0 Å². The first kappa shape index (κ1) is 24.9. The normalized spacial score (nSPS) is 20.6. The summed E-state index contributed by atoms with van der Waals surface area (Å²) in [5, 5.41) is 7.79. The molecule has 1 N–H and O–H groups in total. The molecule has 1 fully saturated rings. The van der Waals surface area contributed by atoms with Crippen molar-refractivity contribution in [1.82, 2.24) is 19.6 Å². The molecule has 1 aromatic heterocycles. The molecular formula is C25H24Cl2F3N5O. The van der Waals surface area contributed by atoms with Gasteiger partial charge in [0.1, 0.15) is 5.82 Å². The lowest BCUT2D eigenvalue weighted by Gasteiger charge is -2.34. The summed E-state index contributed by atoms with van der Waals surface area (Å²) < 4.78 is 42.9. The third-order valence-corrected chi connectivity index (χ3v) is 7.40. The van der Waals surface area contributed by atoms with Crippen LogP contribution in [-0.4, -0.2) is 57.8 Å². The molecule has 36 heavy (non-hydrogen) atoms. The summed E-state index contributed by atoms with van der Waals surface area (Å²) in [4.78, 5) is 17.1. The van der Waals surface area contributed by atoms with Crippen molar-refractivity contribution in [2.75, 3.05) is 31.5 Å². The van der Waals surface area contributed by atoms with Crippen molar-refractivity contribution in [3.8, 4) is 0 Å². The number of halogens is 5. The molecule has 190 valence electrons. The molecule has 2 atom stereocenters. The van der Waals surface area contributed by atoms with Gasteiger partial charge in [0.2, 0.25) is 0 Å². The van der Waals surface area contributed by atoms with Crippen LogP contribution in [0.1, 0.15) is 40.1 Å². The van der Waals surface area contributed by atoms with Crippen LogP contribution >= 0.6 is 23.2 Å². The number of fused-ring (bicyclic) bond motifs is 1. The number of hydrogen-bond donors (Lipinski definition) is 1. The summed E-state index contributed by atoms with van der Waals surface area (Å²) in [5.74, 6) is -0.226. The first-order valence-corrected chi connectivity index (χ1v) is 12.4. The van der Waals surface area contributed by atoms with E-state index in [4.69, 9.17) is 23.2 Å². The van der Waals surface area contributed by atoms with E-state index in [1.807, 2.05) is 18.2 Å². The third-order valence-electron chi connectivity index (χ3n) is 6.66. The van der Waals surface area contributed by atoms with Crippen LogP contribution in [0.15, 0.2) is 54.6 Å². The number of rotatable bonds is 4. The molecule has 2 aromatic carbocycles. The quantitative estimate of drug-likeness (QED) is 0.456. The van der Waals surface area contributed by atoms with Gasteiger partial charge in [-0.3, -0.25) is 9.69 Å². The third kappa shape index (κ3) is 5.19. The Morgan fingerprint density at radius 2 is 1.72 bits per heavy atom. The average molecular weight is 538 g/mol. The molecule has 11 heteroatoms. The lowest BCUT2D eigenvalue weighted by Crippen LogP contribution is -2.48. The van der Waals surface area contributed by atoms with Gasteiger partial charge in [-0.25, -0.2) is 4.68 Å². The highest BCUT2D eigenvalue weighted by Gasteiger charge is 2.47. The van der Waals surface area contributed by atoms with Gasteiger partial charge in [0.25, 0.3) is 5.91 Å². The van der Waals surface area contributed by atoms with Crippen LogP contribution in [0, 0.1) is 0 Å². The maximum Gasteiger partial charge on any atom is 0.410 e. The van der Waals surface area contributed by atoms with Gasteiger partial charge in [0.15, 0.2) is 11.7 Å². The van der Waals surface area contributed by atoms with Gasteiger partial charge in [-0.05, 0) is 23.3 Å². The van der Waals surface area contributed by atoms with Crippen LogP contribution in [0.5, 0.6) is 0 Å². The monoisotopic (exact) mass is 537 g/mol. The molecule has 0 spiro atoms. The molecule has 0 radical (unpaired) electrons. The van der Waals surface area contributed by atoms with Gasteiger partial charge in [-0.15, -0.1) is 0 Å². The highest BCUT2D eigenvalue weighted by atomic mass is 35.5. The number of alkyl halides is 3. The van der Waals surface area contributed by atoms with Gasteiger partial charge in [0.05, 0.1) is 16.1 Å². The number of anilines is 1. The van der Waals surface area contributed by atoms with Crippen molar-refractivity contribution in [2.45, 2.75) is 31.2 Å². The van der Waals surface area contributed by atoms with Crippen LogP contribution < -0.4 is 5.32 Å². The first-order chi connectivity index (χ1) is 17.2. The van der Waals surface area contributed by atoms with Gasteiger partial charge in [-0.1, -0.05) is 59.6 Å². The Hall–Kier alpha value is -2.75. The zero-order valence-corrected chi connectivity index (χ0v) is 20.7. The molecule has 0 bridgehead atoms. The van der Waals surface area contributed by atoms with E-state index in [0.29, 0.717) is 36.8 Å². The molecular weight excluding hydrogens is 514 g/mol. The van der Waals surface area contributed by atoms with Gasteiger partial charge in [0, 0.05) is 45.2 Å². The van der Waals surface area contributed by atoms with Gasteiger partial charge < -0.3 is 10.2 Å². The number of aromatic nitrogens is 2. The molecule has 0 saturated carbocycles. The molecule has 5 rings (SSSR count). The predicted octanol–water partition coefficient (Wildman–Crippen LogP) is 5.81. The summed E-state index contributed by atoms with van der Waals surface area (Å²) in [6.07, 6.45) is -4.83. The van der Waals surface area contributed by atoms with Gasteiger partial charge >= 0.3 is 6.18 Å². The molecule has 0 aliphatic carbocycles.